The lowest BCUT2D eigenvalue weighted by molar-refractivity contribution is -0.128. The van der Waals surface area contributed by atoms with Crippen molar-refractivity contribution in [3.8, 4) is 6.07 Å². The summed E-state index contributed by atoms with van der Waals surface area (Å²) in [6, 6.07) is 2.14. The average Bonchev–Trinajstić information content (AvgIpc) is 2.48. The minimum absolute atomic E-state index is 0.0968. The number of ether oxygens (including phenoxy) is 1. The standard InChI is InChI=1S/C10H16N2O2/c1-8(7-14-2)5-12-6-9(4-11)3-10(12)13/h8-9H,3,5-7H2,1-2H3. The molecule has 4 nitrogen and oxygen atoms in total. The summed E-state index contributed by atoms with van der Waals surface area (Å²) in [5.41, 5.74) is 0. The van der Waals surface area contributed by atoms with Crippen LogP contribution in [-0.2, 0) is 9.53 Å². The van der Waals surface area contributed by atoms with Crippen molar-refractivity contribution in [1.82, 2.24) is 4.90 Å². The molecule has 2 unspecified atom stereocenters. The predicted molar refractivity (Wildman–Crippen MR) is 51.3 cm³/mol. The van der Waals surface area contributed by atoms with Gasteiger partial charge < -0.3 is 9.64 Å². The van der Waals surface area contributed by atoms with Gasteiger partial charge in [-0.25, -0.2) is 0 Å². The molecule has 2 atom stereocenters. The second-order valence-electron chi connectivity index (χ2n) is 3.89. The van der Waals surface area contributed by atoms with E-state index in [1.165, 1.54) is 0 Å². The van der Waals surface area contributed by atoms with E-state index in [9.17, 15) is 4.79 Å². The molecule has 1 aliphatic heterocycles. The number of carbonyl (C=O) groups excluding carboxylic acids is 1. The molecule has 1 amide bonds. The van der Waals surface area contributed by atoms with E-state index in [-0.39, 0.29) is 11.8 Å². The van der Waals surface area contributed by atoms with Crippen molar-refractivity contribution in [2.45, 2.75) is 13.3 Å². The minimum Gasteiger partial charge on any atom is -0.384 e. The molecule has 0 spiro atoms. The number of nitriles is 1. The van der Waals surface area contributed by atoms with Crippen molar-refractivity contribution in [2.24, 2.45) is 11.8 Å². The van der Waals surface area contributed by atoms with Gasteiger partial charge in [-0.2, -0.15) is 5.26 Å². The van der Waals surface area contributed by atoms with Crippen LogP contribution in [0, 0.1) is 23.2 Å². The SMILES string of the molecule is COCC(C)CN1CC(C#N)CC1=O. The Kier molecular flexibility index (Phi) is 3.90. The van der Waals surface area contributed by atoms with Gasteiger partial charge >= 0.3 is 0 Å². The summed E-state index contributed by atoms with van der Waals surface area (Å²) in [4.78, 5) is 13.2. The van der Waals surface area contributed by atoms with Crippen molar-refractivity contribution < 1.29 is 9.53 Å². The summed E-state index contributed by atoms with van der Waals surface area (Å²) in [7, 11) is 1.65. The second-order valence-corrected chi connectivity index (χ2v) is 3.89. The highest BCUT2D eigenvalue weighted by atomic mass is 16.5. The normalized spacial score (nSPS) is 23.6. The highest BCUT2D eigenvalue weighted by Crippen LogP contribution is 2.17. The number of amides is 1. The Hall–Kier alpha value is -1.08. The molecule has 14 heavy (non-hydrogen) atoms. The van der Waals surface area contributed by atoms with Gasteiger partial charge in [0.05, 0.1) is 18.6 Å². The van der Waals surface area contributed by atoms with Crippen LogP contribution in [0.15, 0.2) is 0 Å². The zero-order valence-corrected chi connectivity index (χ0v) is 8.69. The van der Waals surface area contributed by atoms with Gasteiger partial charge in [0.15, 0.2) is 0 Å². The smallest absolute Gasteiger partial charge is 0.224 e. The summed E-state index contributed by atoms with van der Waals surface area (Å²) >= 11 is 0. The van der Waals surface area contributed by atoms with Crippen LogP contribution in [0.1, 0.15) is 13.3 Å². The first kappa shape index (κ1) is 11.0. The van der Waals surface area contributed by atoms with Crippen LogP contribution in [0.5, 0.6) is 0 Å². The van der Waals surface area contributed by atoms with Crippen LogP contribution in [0.25, 0.3) is 0 Å². The maximum atomic E-state index is 11.4. The summed E-state index contributed by atoms with van der Waals surface area (Å²) in [6.45, 7) is 3.98. The van der Waals surface area contributed by atoms with E-state index in [2.05, 4.69) is 6.07 Å². The van der Waals surface area contributed by atoms with E-state index in [0.717, 1.165) is 0 Å². The van der Waals surface area contributed by atoms with Crippen LogP contribution in [0.3, 0.4) is 0 Å². The Labute approximate surface area is 84.4 Å². The molecule has 0 radical (unpaired) electrons. The van der Waals surface area contributed by atoms with Gasteiger partial charge in [0.25, 0.3) is 0 Å². The lowest BCUT2D eigenvalue weighted by Crippen LogP contribution is -2.31. The lowest BCUT2D eigenvalue weighted by Gasteiger charge is -2.20. The molecule has 1 heterocycles. The minimum atomic E-state index is -0.114. The third-order valence-corrected chi connectivity index (χ3v) is 2.38. The van der Waals surface area contributed by atoms with Crippen LogP contribution in [-0.4, -0.2) is 37.6 Å². The Morgan fingerprint density at radius 3 is 3.00 bits per heavy atom. The molecule has 1 rings (SSSR count). The predicted octanol–water partition coefficient (Wildman–Crippen LogP) is 0.641. The quantitative estimate of drug-likeness (QED) is 0.663. The Bertz CT molecular complexity index is 247. The van der Waals surface area contributed by atoms with Gasteiger partial charge in [0.1, 0.15) is 0 Å². The van der Waals surface area contributed by atoms with Gasteiger partial charge in [0, 0.05) is 26.6 Å². The van der Waals surface area contributed by atoms with Crippen molar-refractivity contribution in [1.29, 1.82) is 5.26 Å². The fourth-order valence-electron chi connectivity index (χ4n) is 1.75. The van der Waals surface area contributed by atoms with Gasteiger partial charge in [0.2, 0.25) is 5.91 Å². The number of carbonyl (C=O) groups is 1. The number of hydrogen-bond acceptors (Lipinski definition) is 3. The molecule has 0 aromatic heterocycles. The van der Waals surface area contributed by atoms with Gasteiger partial charge in [-0.15, -0.1) is 0 Å². The van der Waals surface area contributed by atoms with Crippen molar-refractivity contribution in [3.63, 3.8) is 0 Å². The lowest BCUT2D eigenvalue weighted by atomic mass is 10.1. The van der Waals surface area contributed by atoms with Crippen LogP contribution < -0.4 is 0 Å². The number of rotatable bonds is 4. The molecule has 0 N–H and O–H groups in total. The van der Waals surface area contributed by atoms with E-state index >= 15 is 0 Å². The monoisotopic (exact) mass is 196 g/mol. The molecule has 0 saturated carbocycles. The molecule has 1 saturated heterocycles. The maximum absolute atomic E-state index is 11.4. The van der Waals surface area contributed by atoms with E-state index in [1.807, 2.05) is 6.92 Å². The molecule has 1 aliphatic rings. The largest absolute Gasteiger partial charge is 0.384 e. The van der Waals surface area contributed by atoms with Gasteiger partial charge in [-0.1, -0.05) is 6.92 Å². The van der Waals surface area contributed by atoms with E-state index in [0.29, 0.717) is 32.0 Å². The Balaban J connectivity index is 2.39. The highest BCUT2D eigenvalue weighted by molar-refractivity contribution is 5.79. The summed E-state index contributed by atoms with van der Waals surface area (Å²) in [5, 5.41) is 8.69. The highest BCUT2D eigenvalue weighted by Gasteiger charge is 2.29. The first-order chi connectivity index (χ1) is 6.67. The van der Waals surface area contributed by atoms with Gasteiger partial charge in [-0.3, -0.25) is 4.79 Å². The molecule has 0 bridgehead atoms. The Morgan fingerprint density at radius 2 is 2.50 bits per heavy atom. The maximum Gasteiger partial charge on any atom is 0.224 e. The van der Waals surface area contributed by atoms with Crippen LogP contribution in [0.4, 0.5) is 0 Å². The van der Waals surface area contributed by atoms with E-state index in [4.69, 9.17) is 10.00 Å². The zero-order chi connectivity index (χ0) is 10.6. The number of hydrogen-bond donors (Lipinski definition) is 0. The van der Waals surface area contributed by atoms with E-state index in [1.54, 1.807) is 12.0 Å². The molecule has 0 aliphatic carbocycles. The van der Waals surface area contributed by atoms with Crippen LogP contribution in [0.2, 0.25) is 0 Å². The van der Waals surface area contributed by atoms with Crippen molar-refractivity contribution in [2.75, 3.05) is 26.8 Å². The third kappa shape index (κ3) is 2.71. The van der Waals surface area contributed by atoms with Crippen molar-refractivity contribution in [3.05, 3.63) is 0 Å². The number of nitrogens with zero attached hydrogens (tertiary/aromatic N) is 2. The molecular formula is C10H16N2O2. The molecule has 4 heteroatoms. The number of methoxy groups -OCH3 is 1. The molecule has 1 fully saturated rings. The third-order valence-electron chi connectivity index (χ3n) is 2.38. The topological polar surface area (TPSA) is 53.3 Å². The fourth-order valence-corrected chi connectivity index (χ4v) is 1.75. The fraction of sp³-hybridized carbons (Fsp3) is 0.800. The second kappa shape index (κ2) is 4.97. The van der Waals surface area contributed by atoms with Crippen LogP contribution >= 0.6 is 0 Å². The Morgan fingerprint density at radius 1 is 1.79 bits per heavy atom. The first-order valence-corrected chi connectivity index (χ1v) is 4.83. The average molecular weight is 196 g/mol. The number of likely N-dealkylation sites (tertiary alicyclic amines) is 1. The summed E-state index contributed by atoms with van der Waals surface area (Å²) in [5.74, 6) is 0.318. The molecule has 0 aromatic carbocycles. The van der Waals surface area contributed by atoms with Crippen molar-refractivity contribution >= 4 is 5.91 Å². The van der Waals surface area contributed by atoms with Gasteiger partial charge in [-0.05, 0) is 5.92 Å². The molecule has 78 valence electrons. The molecule has 0 aromatic rings. The summed E-state index contributed by atoms with van der Waals surface area (Å²) < 4.78 is 5.00. The molecular weight excluding hydrogens is 180 g/mol. The first-order valence-electron chi connectivity index (χ1n) is 4.83. The summed E-state index contributed by atoms with van der Waals surface area (Å²) in [6.07, 6.45) is 0.385. The zero-order valence-electron chi connectivity index (χ0n) is 8.69. The van der Waals surface area contributed by atoms with E-state index < -0.39 is 0 Å².